The summed E-state index contributed by atoms with van der Waals surface area (Å²) in [6, 6.07) is 0. The first kappa shape index (κ1) is 35.2. The van der Waals surface area contributed by atoms with E-state index in [9.17, 15) is 9.46 Å². The minimum Gasteiger partial charge on any atom is -0.756 e. The van der Waals surface area contributed by atoms with Crippen molar-refractivity contribution in [3.63, 3.8) is 0 Å². The van der Waals surface area contributed by atoms with Crippen LogP contribution in [0.15, 0.2) is 0 Å². The van der Waals surface area contributed by atoms with Crippen LogP contribution in [0.1, 0.15) is 136 Å². The smallest absolute Gasteiger partial charge is 0.267 e. The number of nitrogens with zero attached hydrogens (tertiary/aromatic N) is 1. The molecule has 0 amide bonds. The van der Waals surface area contributed by atoms with Gasteiger partial charge in [0.1, 0.15) is 0 Å². The van der Waals surface area contributed by atoms with Crippen molar-refractivity contribution in [2.75, 3.05) is 40.9 Å². The van der Waals surface area contributed by atoms with E-state index in [0.717, 1.165) is 30.2 Å². The van der Waals surface area contributed by atoms with E-state index in [1.165, 1.54) is 96.4 Å². The third-order valence-electron chi connectivity index (χ3n) is 5.68. The molecule has 0 saturated carbocycles. The van der Waals surface area contributed by atoms with Gasteiger partial charge in [0.15, 0.2) is 0 Å². The highest BCUT2D eigenvalue weighted by Crippen LogP contribution is 2.38. The Kier molecular flexibility index (Phi) is 26.9. The van der Waals surface area contributed by atoms with Crippen molar-refractivity contribution >= 4 is 7.82 Å². The second-order valence-corrected chi connectivity index (χ2v) is 11.8. The lowest BCUT2D eigenvalue weighted by Gasteiger charge is -2.23. The number of phosphoric acid groups is 1. The van der Waals surface area contributed by atoms with Crippen LogP contribution < -0.4 is 4.89 Å². The molecule has 0 spiro atoms. The summed E-state index contributed by atoms with van der Waals surface area (Å²) in [5, 5.41) is 0. The minimum absolute atomic E-state index is 0.226. The average molecular weight is 494 g/mol. The molecule has 0 heterocycles. The van der Waals surface area contributed by atoms with Crippen LogP contribution in [0.5, 0.6) is 0 Å². The lowest BCUT2D eigenvalue weighted by molar-refractivity contribution is -0.870. The van der Waals surface area contributed by atoms with E-state index in [4.69, 9.17) is 0 Å². The molecule has 0 bridgehead atoms. The molecule has 0 aliphatic heterocycles. The van der Waals surface area contributed by atoms with Gasteiger partial charge in [-0.2, -0.15) is 0 Å². The summed E-state index contributed by atoms with van der Waals surface area (Å²) in [6.07, 6.45) is 23.7. The van der Waals surface area contributed by atoms with Gasteiger partial charge in [0.05, 0.1) is 40.9 Å². The highest BCUT2D eigenvalue weighted by Gasteiger charge is 2.07. The van der Waals surface area contributed by atoms with Crippen molar-refractivity contribution in [1.82, 2.24) is 0 Å². The number of unbranched alkanes of at least 4 members (excludes halogenated alkanes) is 15. The molecule has 0 rings (SSSR count). The fourth-order valence-electron chi connectivity index (χ4n) is 3.46. The van der Waals surface area contributed by atoms with E-state index in [1.54, 1.807) is 0 Å². The summed E-state index contributed by atoms with van der Waals surface area (Å²) in [6.45, 7) is 8.02. The van der Waals surface area contributed by atoms with Gasteiger partial charge in [-0.05, 0) is 25.7 Å². The quantitative estimate of drug-likeness (QED) is 0.0816. The number of hydrogen-bond acceptors (Lipinski definition) is 4. The Morgan fingerprint density at radius 2 is 0.848 bits per heavy atom. The summed E-state index contributed by atoms with van der Waals surface area (Å²) in [5.74, 6) is 0. The van der Waals surface area contributed by atoms with Gasteiger partial charge in [-0.3, -0.25) is 4.57 Å². The molecule has 202 valence electrons. The van der Waals surface area contributed by atoms with E-state index < -0.39 is 7.82 Å². The Bertz CT molecular complexity index is 413. The minimum atomic E-state index is -4.00. The Morgan fingerprint density at radius 3 is 1.15 bits per heavy atom. The van der Waals surface area contributed by atoms with Crippen molar-refractivity contribution in [1.29, 1.82) is 0 Å². The van der Waals surface area contributed by atoms with Crippen LogP contribution in [0.2, 0.25) is 0 Å². The fraction of sp³-hybridized carbons (Fsp3) is 1.00. The largest absolute Gasteiger partial charge is 0.756 e. The molecule has 0 aliphatic carbocycles. The zero-order valence-corrected chi connectivity index (χ0v) is 24.3. The van der Waals surface area contributed by atoms with E-state index in [-0.39, 0.29) is 13.2 Å². The maximum absolute atomic E-state index is 11.0. The molecule has 0 aliphatic rings. The molecular weight excluding hydrogens is 433 g/mol. The predicted molar refractivity (Wildman–Crippen MR) is 143 cm³/mol. The first-order valence-electron chi connectivity index (χ1n) is 14.1. The van der Waals surface area contributed by atoms with E-state index in [2.05, 4.69) is 37.1 Å². The molecule has 33 heavy (non-hydrogen) atoms. The molecule has 0 aromatic carbocycles. The summed E-state index contributed by atoms with van der Waals surface area (Å²) >= 11 is 0. The van der Waals surface area contributed by atoms with Gasteiger partial charge in [0.25, 0.3) is 7.82 Å². The molecule has 5 nitrogen and oxygen atoms in total. The van der Waals surface area contributed by atoms with Crippen LogP contribution >= 0.6 is 7.82 Å². The Hall–Kier alpha value is 0.0700. The summed E-state index contributed by atoms with van der Waals surface area (Å²) in [7, 11) is 2.88. The second-order valence-electron chi connectivity index (χ2n) is 10.4. The molecule has 0 unspecified atom stereocenters. The number of rotatable bonds is 23. The molecular formula is C27H60NO4P. The normalized spacial score (nSPS) is 12.0. The highest BCUT2D eigenvalue weighted by molar-refractivity contribution is 7.45. The molecule has 0 radical (unpaired) electrons. The summed E-state index contributed by atoms with van der Waals surface area (Å²) in [4.78, 5) is 11.0. The standard InChI is InChI=1S/C19H42N.C8H19O4P/c1-5-6-7-8-9-10-11-12-13-14-15-16-17-18-19-20(2,3)4;1-3-5-7-11-13(9,10)12-8-6-4-2/h5-19H2,1-4H3;3-8H2,1-2H3,(H,9,10)/q+1;/p-1. The third-order valence-corrected chi connectivity index (χ3v) is 6.67. The van der Waals surface area contributed by atoms with Crippen LogP contribution in [0.3, 0.4) is 0 Å². The van der Waals surface area contributed by atoms with Crippen LogP contribution in [-0.4, -0.2) is 45.4 Å². The SMILES string of the molecule is CCCCCCCCCCCCCCCC[N+](C)(C)C.CCCCOP(=O)([O-])OCCCC. The first-order valence-corrected chi connectivity index (χ1v) is 15.5. The van der Waals surface area contributed by atoms with Crippen molar-refractivity contribution in [2.24, 2.45) is 0 Å². The zero-order valence-electron chi connectivity index (χ0n) is 23.4. The average Bonchev–Trinajstić information content (AvgIpc) is 2.74. The van der Waals surface area contributed by atoms with Crippen LogP contribution in [0.4, 0.5) is 0 Å². The molecule has 6 heteroatoms. The van der Waals surface area contributed by atoms with Gasteiger partial charge >= 0.3 is 0 Å². The fourth-order valence-corrected chi connectivity index (χ4v) is 4.24. The summed E-state index contributed by atoms with van der Waals surface area (Å²) < 4.78 is 21.3. The van der Waals surface area contributed by atoms with E-state index in [1.807, 2.05) is 13.8 Å². The monoisotopic (exact) mass is 493 g/mol. The molecule has 0 aromatic heterocycles. The maximum atomic E-state index is 11.0. The molecule has 0 atom stereocenters. The van der Waals surface area contributed by atoms with Gasteiger partial charge in [0.2, 0.25) is 0 Å². The van der Waals surface area contributed by atoms with Crippen LogP contribution in [0, 0.1) is 0 Å². The number of hydrogen-bond donors (Lipinski definition) is 0. The van der Waals surface area contributed by atoms with Crippen LogP contribution in [0.25, 0.3) is 0 Å². The van der Waals surface area contributed by atoms with E-state index in [0.29, 0.717) is 0 Å². The molecule has 0 saturated heterocycles. The van der Waals surface area contributed by atoms with Gasteiger partial charge < -0.3 is 18.4 Å². The van der Waals surface area contributed by atoms with Crippen molar-refractivity contribution in [3.05, 3.63) is 0 Å². The number of phosphoric ester groups is 1. The second kappa shape index (κ2) is 25.2. The predicted octanol–water partition coefficient (Wildman–Crippen LogP) is 8.26. The zero-order chi connectivity index (χ0) is 25.3. The molecule has 0 N–H and O–H groups in total. The van der Waals surface area contributed by atoms with Crippen LogP contribution in [-0.2, 0) is 13.6 Å². The lowest BCUT2D eigenvalue weighted by Crippen LogP contribution is -2.35. The summed E-state index contributed by atoms with van der Waals surface area (Å²) in [5.41, 5.74) is 0. The van der Waals surface area contributed by atoms with Crippen molar-refractivity contribution < 1.29 is 23.0 Å². The van der Waals surface area contributed by atoms with Gasteiger partial charge in [0, 0.05) is 0 Å². The highest BCUT2D eigenvalue weighted by atomic mass is 31.2. The Balaban J connectivity index is 0. The molecule has 0 aromatic rings. The Labute approximate surface area is 208 Å². The van der Waals surface area contributed by atoms with Crippen molar-refractivity contribution in [3.8, 4) is 0 Å². The van der Waals surface area contributed by atoms with Gasteiger partial charge in [-0.25, -0.2) is 0 Å². The topological polar surface area (TPSA) is 58.6 Å². The van der Waals surface area contributed by atoms with Gasteiger partial charge in [-0.15, -0.1) is 0 Å². The van der Waals surface area contributed by atoms with E-state index >= 15 is 0 Å². The maximum Gasteiger partial charge on any atom is 0.267 e. The van der Waals surface area contributed by atoms with Crippen molar-refractivity contribution in [2.45, 2.75) is 136 Å². The third kappa shape index (κ3) is 34.3. The lowest BCUT2D eigenvalue weighted by atomic mass is 10.0. The first-order chi connectivity index (χ1) is 15.7. The Morgan fingerprint density at radius 1 is 0.545 bits per heavy atom. The van der Waals surface area contributed by atoms with Gasteiger partial charge in [-0.1, -0.05) is 111 Å². The molecule has 0 fully saturated rings. The number of quaternary nitrogens is 1.